The quantitative estimate of drug-likeness (QED) is 0.629. The van der Waals surface area contributed by atoms with Crippen molar-refractivity contribution < 1.29 is 9.47 Å². The summed E-state index contributed by atoms with van der Waals surface area (Å²) >= 11 is 1.75. The Bertz CT molecular complexity index is 733. The maximum atomic E-state index is 6.34. The molecule has 0 bridgehead atoms. The molecular weight excluding hydrogens is 392 g/mol. The van der Waals surface area contributed by atoms with E-state index in [9.17, 15) is 0 Å². The number of methoxy groups -OCH3 is 1. The summed E-state index contributed by atoms with van der Waals surface area (Å²) in [6, 6.07) is 8.41. The topological polar surface area (TPSA) is 43.4 Å². The van der Waals surface area contributed by atoms with Gasteiger partial charge in [0.25, 0.3) is 0 Å². The standard InChI is InChI=1S/C22H30N2O2S.ClH/c1-25-18-7-15-27-19(18)16-23-13-10-21(20-6-2-5-12-24-20)11-14-26-22(17-21)8-3-4-9-22;/h2,5-7,12,15,23H,3-4,8-11,13-14,16-17H2,1H3;1H/t21-;/m0./s1. The first-order valence-corrected chi connectivity index (χ1v) is 11.0. The van der Waals surface area contributed by atoms with Gasteiger partial charge in [0.1, 0.15) is 5.75 Å². The van der Waals surface area contributed by atoms with Gasteiger partial charge < -0.3 is 14.8 Å². The van der Waals surface area contributed by atoms with Gasteiger partial charge in [0, 0.05) is 30.5 Å². The normalized spacial score (nSPS) is 23.5. The Labute approximate surface area is 178 Å². The number of ether oxygens (including phenoxy) is 2. The monoisotopic (exact) mass is 422 g/mol. The third kappa shape index (κ3) is 4.54. The summed E-state index contributed by atoms with van der Waals surface area (Å²) in [5.41, 5.74) is 1.46. The minimum absolute atomic E-state index is 0. The molecule has 0 radical (unpaired) electrons. The summed E-state index contributed by atoms with van der Waals surface area (Å²) in [7, 11) is 1.74. The van der Waals surface area contributed by atoms with Crippen LogP contribution in [0.1, 0.15) is 55.5 Å². The molecule has 1 aliphatic carbocycles. The minimum atomic E-state index is 0. The number of rotatable bonds is 7. The van der Waals surface area contributed by atoms with E-state index in [0.29, 0.717) is 0 Å². The first kappa shape index (κ1) is 21.6. The fraction of sp³-hybridized carbons (Fsp3) is 0.591. The molecule has 3 heterocycles. The summed E-state index contributed by atoms with van der Waals surface area (Å²) in [5, 5.41) is 5.74. The fourth-order valence-corrected chi connectivity index (χ4v) is 5.77. The van der Waals surface area contributed by atoms with Crippen LogP contribution in [-0.2, 0) is 16.7 Å². The van der Waals surface area contributed by atoms with E-state index >= 15 is 0 Å². The predicted molar refractivity (Wildman–Crippen MR) is 117 cm³/mol. The highest BCUT2D eigenvalue weighted by Gasteiger charge is 2.48. The summed E-state index contributed by atoms with van der Waals surface area (Å²) in [5.74, 6) is 0.989. The van der Waals surface area contributed by atoms with Gasteiger partial charge >= 0.3 is 0 Å². The third-order valence-corrected chi connectivity index (χ3v) is 7.26. The summed E-state index contributed by atoms with van der Waals surface area (Å²) < 4.78 is 11.8. The van der Waals surface area contributed by atoms with Crippen LogP contribution in [0.2, 0.25) is 0 Å². The molecule has 0 amide bonds. The lowest BCUT2D eigenvalue weighted by atomic mass is 9.68. The zero-order valence-corrected chi connectivity index (χ0v) is 18.2. The van der Waals surface area contributed by atoms with Crippen LogP contribution < -0.4 is 10.1 Å². The molecule has 1 N–H and O–H groups in total. The number of hydrogen-bond acceptors (Lipinski definition) is 5. The molecule has 1 saturated heterocycles. The highest BCUT2D eigenvalue weighted by atomic mass is 35.5. The lowest BCUT2D eigenvalue weighted by molar-refractivity contribution is -0.104. The molecule has 4 nitrogen and oxygen atoms in total. The second kappa shape index (κ2) is 9.57. The molecule has 2 aromatic rings. The minimum Gasteiger partial charge on any atom is -0.496 e. The number of halogens is 1. The van der Waals surface area contributed by atoms with E-state index in [-0.39, 0.29) is 23.4 Å². The molecule has 1 aliphatic heterocycles. The van der Waals surface area contributed by atoms with Gasteiger partial charge in [-0.1, -0.05) is 18.9 Å². The van der Waals surface area contributed by atoms with Crippen LogP contribution in [-0.4, -0.2) is 30.8 Å². The molecule has 4 rings (SSSR count). The van der Waals surface area contributed by atoms with Gasteiger partial charge in [-0.05, 0) is 62.2 Å². The maximum Gasteiger partial charge on any atom is 0.134 e. The van der Waals surface area contributed by atoms with Crippen molar-refractivity contribution in [3.05, 3.63) is 46.4 Å². The maximum absolute atomic E-state index is 6.34. The molecule has 6 heteroatoms. The van der Waals surface area contributed by atoms with E-state index in [4.69, 9.17) is 14.5 Å². The van der Waals surface area contributed by atoms with Crippen molar-refractivity contribution in [1.82, 2.24) is 10.3 Å². The van der Waals surface area contributed by atoms with Crippen molar-refractivity contribution in [2.75, 3.05) is 20.3 Å². The number of nitrogens with one attached hydrogen (secondary N) is 1. The summed E-state index contributed by atoms with van der Waals surface area (Å²) in [6.07, 6.45) is 10.2. The lowest BCUT2D eigenvalue weighted by Crippen LogP contribution is -2.47. The Morgan fingerprint density at radius 1 is 1.21 bits per heavy atom. The van der Waals surface area contributed by atoms with Crippen LogP contribution >= 0.6 is 23.7 Å². The molecule has 2 aromatic heterocycles. The zero-order valence-electron chi connectivity index (χ0n) is 16.6. The van der Waals surface area contributed by atoms with E-state index in [0.717, 1.165) is 44.7 Å². The SMILES string of the molecule is COc1ccsc1CNCC[C@]1(c2ccccn2)CCOC2(CCCC2)C1.Cl. The molecule has 0 aromatic carbocycles. The zero-order chi connectivity index (χ0) is 18.6. The van der Waals surface area contributed by atoms with Crippen molar-refractivity contribution in [2.24, 2.45) is 0 Å². The summed E-state index contributed by atoms with van der Waals surface area (Å²) in [4.78, 5) is 6.05. The highest BCUT2D eigenvalue weighted by Crippen LogP contribution is 2.49. The smallest absolute Gasteiger partial charge is 0.134 e. The predicted octanol–water partition coefficient (Wildman–Crippen LogP) is 5.11. The lowest BCUT2D eigenvalue weighted by Gasteiger charge is -2.46. The van der Waals surface area contributed by atoms with Crippen LogP contribution in [0.15, 0.2) is 35.8 Å². The van der Waals surface area contributed by atoms with Crippen molar-refractivity contribution in [3.8, 4) is 5.75 Å². The molecule has 28 heavy (non-hydrogen) atoms. The Kier molecular flexibility index (Phi) is 7.37. The van der Waals surface area contributed by atoms with Crippen LogP contribution in [0.4, 0.5) is 0 Å². The van der Waals surface area contributed by atoms with Gasteiger partial charge in [0.15, 0.2) is 0 Å². The van der Waals surface area contributed by atoms with Crippen LogP contribution in [0.3, 0.4) is 0 Å². The van der Waals surface area contributed by atoms with Gasteiger partial charge in [-0.3, -0.25) is 4.98 Å². The summed E-state index contributed by atoms with van der Waals surface area (Å²) in [6.45, 7) is 2.70. The van der Waals surface area contributed by atoms with Crippen LogP contribution in [0, 0.1) is 0 Å². The first-order chi connectivity index (χ1) is 13.3. The third-order valence-electron chi connectivity index (χ3n) is 6.36. The average Bonchev–Trinajstić information content (AvgIpc) is 3.35. The molecule has 1 atom stereocenters. The number of pyridine rings is 1. The number of nitrogens with zero attached hydrogens (tertiary/aromatic N) is 1. The van der Waals surface area contributed by atoms with Gasteiger partial charge in [-0.15, -0.1) is 23.7 Å². The molecule has 1 saturated carbocycles. The molecule has 2 fully saturated rings. The molecule has 0 unspecified atom stereocenters. The molecule has 154 valence electrons. The van der Waals surface area contributed by atoms with Crippen molar-refractivity contribution in [2.45, 2.75) is 62.5 Å². The Hall–Kier alpha value is -1.14. The van der Waals surface area contributed by atoms with E-state index in [1.807, 2.05) is 18.3 Å². The molecule has 2 aliphatic rings. The van der Waals surface area contributed by atoms with Gasteiger partial charge in [0.2, 0.25) is 0 Å². The van der Waals surface area contributed by atoms with Crippen molar-refractivity contribution in [1.29, 1.82) is 0 Å². The van der Waals surface area contributed by atoms with E-state index in [2.05, 4.69) is 22.8 Å². The Morgan fingerprint density at radius 3 is 2.82 bits per heavy atom. The van der Waals surface area contributed by atoms with Gasteiger partial charge in [-0.2, -0.15) is 0 Å². The number of thiophene rings is 1. The molecule has 1 spiro atoms. The van der Waals surface area contributed by atoms with Crippen LogP contribution in [0.25, 0.3) is 0 Å². The van der Waals surface area contributed by atoms with Crippen molar-refractivity contribution in [3.63, 3.8) is 0 Å². The second-order valence-electron chi connectivity index (χ2n) is 8.00. The molecular formula is C22H31ClN2O2S. The van der Waals surface area contributed by atoms with E-state index in [1.165, 1.54) is 36.3 Å². The van der Waals surface area contributed by atoms with Gasteiger partial charge in [0.05, 0.1) is 17.6 Å². The van der Waals surface area contributed by atoms with Crippen molar-refractivity contribution >= 4 is 23.7 Å². The van der Waals surface area contributed by atoms with E-state index < -0.39 is 0 Å². The van der Waals surface area contributed by atoms with Gasteiger partial charge in [-0.25, -0.2) is 0 Å². The number of hydrogen-bond donors (Lipinski definition) is 1. The van der Waals surface area contributed by atoms with Crippen LogP contribution in [0.5, 0.6) is 5.75 Å². The number of aromatic nitrogens is 1. The Morgan fingerprint density at radius 2 is 2.07 bits per heavy atom. The fourth-order valence-electron chi connectivity index (χ4n) is 4.97. The Balaban J connectivity index is 0.00000225. The highest BCUT2D eigenvalue weighted by molar-refractivity contribution is 7.10. The van der Waals surface area contributed by atoms with E-state index in [1.54, 1.807) is 18.4 Å². The largest absolute Gasteiger partial charge is 0.496 e. The first-order valence-electron chi connectivity index (χ1n) is 10.1. The second-order valence-corrected chi connectivity index (χ2v) is 9.00. The average molecular weight is 423 g/mol.